The maximum absolute atomic E-state index is 5.94. The molecule has 5 atom stereocenters. The molecule has 1 aliphatic rings. The van der Waals surface area contributed by atoms with Crippen LogP contribution >= 0.6 is 0 Å². The Morgan fingerprint density at radius 1 is 1.17 bits per heavy atom. The normalized spacial score (nSPS) is 49.2. The lowest BCUT2D eigenvalue weighted by Crippen LogP contribution is -2.53. The molecule has 72 valence electrons. The Hall–Kier alpha value is -0.120. The number of rotatable bonds is 1. The van der Waals surface area contributed by atoms with Crippen LogP contribution in [0.25, 0.3) is 0 Å². The van der Waals surface area contributed by atoms with Gasteiger partial charge in [-0.2, -0.15) is 0 Å². The SMILES string of the molecule is CO[C@@H]1OC(C)[C@H](C)C(C)C1N. The zero-order chi connectivity index (χ0) is 9.30. The van der Waals surface area contributed by atoms with E-state index in [1.807, 2.05) is 0 Å². The summed E-state index contributed by atoms with van der Waals surface area (Å²) < 4.78 is 10.7. The minimum atomic E-state index is -0.230. The molecule has 0 bridgehead atoms. The first-order valence-corrected chi connectivity index (χ1v) is 4.51. The first-order chi connectivity index (χ1) is 5.57. The van der Waals surface area contributed by atoms with Gasteiger partial charge in [0.25, 0.3) is 0 Å². The monoisotopic (exact) mass is 173 g/mol. The molecule has 0 spiro atoms. The fourth-order valence-electron chi connectivity index (χ4n) is 1.66. The van der Waals surface area contributed by atoms with E-state index in [2.05, 4.69) is 20.8 Å². The van der Waals surface area contributed by atoms with Gasteiger partial charge in [-0.25, -0.2) is 0 Å². The van der Waals surface area contributed by atoms with E-state index in [0.717, 1.165) is 0 Å². The van der Waals surface area contributed by atoms with Crippen LogP contribution < -0.4 is 5.73 Å². The Morgan fingerprint density at radius 2 is 1.75 bits per heavy atom. The van der Waals surface area contributed by atoms with Gasteiger partial charge in [0.15, 0.2) is 6.29 Å². The first-order valence-electron chi connectivity index (χ1n) is 4.51. The number of nitrogens with two attached hydrogens (primary N) is 1. The predicted molar refractivity (Wildman–Crippen MR) is 47.6 cm³/mol. The molecule has 1 aliphatic heterocycles. The Kier molecular flexibility index (Phi) is 3.09. The maximum Gasteiger partial charge on any atom is 0.172 e. The second-order valence-electron chi connectivity index (χ2n) is 3.74. The van der Waals surface area contributed by atoms with E-state index in [1.165, 1.54) is 0 Å². The van der Waals surface area contributed by atoms with Gasteiger partial charge in [-0.3, -0.25) is 0 Å². The summed E-state index contributed by atoms with van der Waals surface area (Å²) in [6.45, 7) is 6.39. The average Bonchev–Trinajstić information content (AvgIpc) is 2.08. The van der Waals surface area contributed by atoms with Crippen LogP contribution in [-0.4, -0.2) is 25.5 Å². The summed E-state index contributed by atoms with van der Waals surface area (Å²) in [4.78, 5) is 0. The van der Waals surface area contributed by atoms with E-state index in [4.69, 9.17) is 15.2 Å². The molecule has 0 saturated carbocycles. The van der Waals surface area contributed by atoms with E-state index in [0.29, 0.717) is 11.8 Å². The van der Waals surface area contributed by atoms with Crippen molar-refractivity contribution in [3.8, 4) is 0 Å². The second-order valence-corrected chi connectivity index (χ2v) is 3.74. The molecule has 0 aromatic carbocycles. The van der Waals surface area contributed by atoms with Crippen LogP contribution in [0.3, 0.4) is 0 Å². The molecule has 2 N–H and O–H groups in total. The third-order valence-electron chi connectivity index (χ3n) is 3.07. The van der Waals surface area contributed by atoms with Crippen LogP contribution in [0.5, 0.6) is 0 Å². The molecular formula is C9H19NO2. The lowest BCUT2D eigenvalue weighted by Gasteiger charge is -2.41. The van der Waals surface area contributed by atoms with Crippen molar-refractivity contribution in [2.45, 2.75) is 39.2 Å². The number of hydrogen-bond acceptors (Lipinski definition) is 3. The molecule has 0 aromatic heterocycles. The number of methoxy groups -OCH3 is 1. The van der Waals surface area contributed by atoms with Gasteiger partial charge in [0.1, 0.15) is 0 Å². The van der Waals surface area contributed by atoms with Gasteiger partial charge >= 0.3 is 0 Å². The smallest absolute Gasteiger partial charge is 0.172 e. The van der Waals surface area contributed by atoms with Crippen molar-refractivity contribution >= 4 is 0 Å². The molecule has 3 nitrogen and oxygen atoms in total. The number of ether oxygens (including phenoxy) is 2. The van der Waals surface area contributed by atoms with Crippen LogP contribution in [0.2, 0.25) is 0 Å². The summed E-state index contributed by atoms with van der Waals surface area (Å²) in [5.74, 6) is 0.963. The third-order valence-corrected chi connectivity index (χ3v) is 3.07. The molecule has 0 aliphatic carbocycles. The Labute approximate surface area is 74.2 Å². The molecule has 12 heavy (non-hydrogen) atoms. The summed E-state index contributed by atoms with van der Waals surface area (Å²) >= 11 is 0. The molecule has 1 rings (SSSR count). The fraction of sp³-hybridized carbons (Fsp3) is 1.00. The molecule has 3 heteroatoms. The van der Waals surface area contributed by atoms with Gasteiger partial charge in [0.2, 0.25) is 0 Å². The minimum Gasteiger partial charge on any atom is -0.354 e. The van der Waals surface area contributed by atoms with Gasteiger partial charge in [-0.15, -0.1) is 0 Å². The molecule has 1 heterocycles. The fourth-order valence-corrected chi connectivity index (χ4v) is 1.66. The highest BCUT2D eigenvalue weighted by Gasteiger charge is 2.37. The van der Waals surface area contributed by atoms with Gasteiger partial charge in [-0.1, -0.05) is 13.8 Å². The standard InChI is InChI=1S/C9H19NO2/c1-5-6(2)8(10)9(11-4)12-7(5)3/h5-9H,10H2,1-4H3/t5-,6?,7?,8?,9-/m1/s1. The topological polar surface area (TPSA) is 44.5 Å². The average molecular weight is 173 g/mol. The third kappa shape index (κ3) is 1.63. The summed E-state index contributed by atoms with van der Waals surface area (Å²) in [7, 11) is 1.64. The van der Waals surface area contributed by atoms with Gasteiger partial charge < -0.3 is 15.2 Å². The Morgan fingerprint density at radius 3 is 2.25 bits per heavy atom. The zero-order valence-corrected chi connectivity index (χ0v) is 8.28. The highest BCUT2D eigenvalue weighted by atomic mass is 16.7. The molecule has 0 radical (unpaired) electrons. The second kappa shape index (κ2) is 3.73. The zero-order valence-electron chi connectivity index (χ0n) is 8.28. The highest BCUT2D eigenvalue weighted by Crippen LogP contribution is 2.29. The molecule has 0 aromatic rings. The Balaban J connectivity index is 2.63. The summed E-state index contributed by atoms with van der Waals surface area (Å²) in [5.41, 5.74) is 5.94. The first kappa shape index (κ1) is 9.96. The van der Waals surface area contributed by atoms with Crippen molar-refractivity contribution in [3.05, 3.63) is 0 Å². The lowest BCUT2D eigenvalue weighted by atomic mass is 9.83. The van der Waals surface area contributed by atoms with E-state index in [-0.39, 0.29) is 18.4 Å². The number of hydrogen-bond donors (Lipinski definition) is 1. The van der Waals surface area contributed by atoms with Crippen molar-refractivity contribution in [1.82, 2.24) is 0 Å². The van der Waals surface area contributed by atoms with Crippen LogP contribution in [0, 0.1) is 11.8 Å². The summed E-state index contributed by atoms with van der Waals surface area (Å²) in [6, 6.07) is 0.00111. The van der Waals surface area contributed by atoms with Gasteiger partial charge in [-0.05, 0) is 18.8 Å². The van der Waals surface area contributed by atoms with Crippen molar-refractivity contribution in [2.75, 3.05) is 7.11 Å². The van der Waals surface area contributed by atoms with Crippen LogP contribution in [0.4, 0.5) is 0 Å². The lowest BCUT2D eigenvalue weighted by molar-refractivity contribution is -0.214. The minimum absolute atomic E-state index is 0.00111. The van der Waals surface area contributed by atoms with E-state index in [9.17, 15) is 0 Å². The van der Waals surface area contributed by atoms with E-state index in [1.54, 1.807) is 7.11 Å². The van der Waals surface area contributed by atoms with Gasteiger partial charge in [0.05, 0.1) is 12.1 Å². The summed E-state index contributed by atoms with van der Waals surface area (Å²) in [5, 5.41) is 0. The van der Waals surface area contributed by atoms with Crippen molar-refractivity contribution in [2.24, 2.45) is 17.6 Å². The largest absolute Gasteiger partial charge is 0.354 e. The molecule has 3 unspecified atom stereocenters. The molecule has 1 fully saturated rings. The molecular weight excluding hydrogens is 154 g/mol. The predicted octanol–water partition coefficient (Wildman–Crippen LogP) is 0.977. The van der Waals surface area contributed by atoms with Crippen molar-refractivity contribution < 1.29 is 9.47 Å². The quantitative estimate of drug-likeness (QED) is 0.642. The molecule has 1 saturated heterocycles. The van der Waals surface area contributed by atoms with Crippen molar-refractivity contribution in [1.29, 1.82) is 0 Å². The van der Waals surface area contributed by atoms with Crippen LogP contribution in [-0.2, 0) is 9.47 Å². The van der Waals surface area contributed by atoms with Crippen LogP contribution in [0.1, 0.15) is 20.8 Å². The maximum atomic E-state index is 5.94. The van der Waals surface area contributed by atoms with Gasteiger partial charge in [0, 0.05) is 7.11 Å². The van der Waals surface area contributed by atoms with E-state index >= 15 is 0 Å². The van der Waals surface area contributed by atoms with E-state index < -0.39 is 0 Å². The highest BCUT2D eigenvalue weighted by molar-refractivity contribution is 4.84. The van der Waals surface area contributed by atoms with Crippen molar-refractivity contribution in [3.63, 3.8) is 0 Å². The Bertz CT molecular complexity index is 147. The molecule has 0 amide bonds. The summed E-state index contributed by atoms with van der Waals surface area (Å²) in [6.07, 6.45) is 0.0101. The van der Waals surface area contributed by atoms with Crippen LogP contribution in [0.15, 0.2) is 0 Å².